The van der Waals surface area contributed by atoms with Crippen LogP contribution in [0.5, 0.6) is 0 Å². The van der Waals surface area contributed by atoms with E-state index in [-0.39, 0.29) is 5.56 Å². The fraction of sp³-hybridized carbons (Fsp3) is 0.308. The number of aromatic nitrogens is 1. The zero-order valence-corrected chi connectivity index (χ0v) is 12.9. The molecule has 20 heavy (non-hydrogen) atoms. The molecule has 0 radical (unpaired) electrons. The summed E-state index contributed by atoms with van der Waals surface area (Å²) in [5.41, 5.74) is 0.287. The van der Waals surface area contributed by atoms with Crippen molar-refractivity contribution < 1.29 is 13.2 Å². The van der Waals surface area contributed by atoms with Gasteiger partial charge in [0.25, 0.3) is 0 Å². The highest BCUT2D eigenvalue weighted by molar-refractivity contribution is 9.11. The lowest BCUT2D eigenvalue weighted by Crippen LogP contribution is -2.24. The van der Waals surface area contributed by atoms with Crippen molar-refractivity contribution in [3.63, 3.8) is 0 Å². The largest absolute Gasteiger partial charge is 0.416 e. The fourth-order valence-corrected chi connectivity index (χ4v) is 3.18. The molecule has 0 aromatic carbocycles. The SMILES string of the molecule is CCNC(c1csc(Br)c1)c1cnccc1C(F)(F)F. The number of hydrogen-bond donors (Lipinski definition) is 1. The summed E-state index contributed by atoms with van der Waals surface area (Å²) >= 11 is 4.78. The molecule has 2 heterocycles. The zero-order chi connectivity index (χ0) is 14.8. The third-order valence-corrected chi connectivity index (χ3v) is 4.32. The number of halogens is 4. The highest BCUT2D eigenvalue weighted by Crippen LogP contribution is 2.37. The Morgan fingerprint density at radius 2 is 2.20 bits per heavy atom. The topological polar surface area (TPSA) is 24.9 Å². The first-order chi connectivity index (χ1) is 9.43. The van der Waals surface area contributed by atoms with E-state index in [1.807, 2.05) is 18.4 Å². The molecule has 1 N–H and O–H groups in total. The summed E-state index contributed by atoms with van der Waals surface area (Å²) in [5.74, 6) is 0. The standard InChI is InChI=1S/C13H12BrF3N2S/c1-2-19-12(8-5-11(14)20-7-8)9-6-18-4-3-10(9)13(15,16)17/h3-7,12,19H,2H2,1H3. The molecule has 2 nitrogen and oxygen atoms in total. The maximum absolute atomic E-state index is 13.1. The molecule has 0 aliphatic carbocycles. The van der Waals surface area contributed by atoms with Crippen LogP contribution in [-0.2, 0) is 6.18 Å². The molecule has 2 aromatic rings. The van der Waals surface area contributed by atoms with Gasteiger partial charge in [-0.2, -0.15) is 13.2 Å². The number of nitrogens with zero attached hydrogens (tertiary/aromatic N) is 1. The van der Waals surface area contributed by atoms with Gasteiger partial charge in [0, 0.05) is 18.0 Å². The Kier molecular flexibility index (Phi) is 4.82. The molecule has 0 fully saturated rings. The average Bonchev–Trinajstić information content (AvgIpc) is 2.81. The van der Waals surface area contributed by atoms with Gasteiger partial charge < -0.3 is 5.32 Å². The minimum Gasteiger partial charge on any atom is -0.306 e. The monoisotopic (exact) mass is 364 g/mol. The van der Waals surface area contributed by atoms with Crippen molar-refractivity contribution in [3.8, 4) is 0 Å². The molecule has 1 atom stereocenters. The zero-order valence-electron chi connectivity index (χ0n) is 10.5. The number of hydrogen-bond acceptors (Lipinski definition) is 3. The van der Waals surface area contributed by atoms with E-state index in [2.05, 4.69) is 26.2 Å². The summed E-state index contributed by atoms with van der Waals surface area (Å²) in [6.45, 7) is 2.42. The van der Waals surface area contributed by atoms with Crippen LogP contribution in [0, 0.1) is 0 Å². The lowest BCUT2D eigenvalue weighted by atomic mass is 9.98. The van der Waals surface area contributed by atoms with Gasteiger partial charge in [-0.05, 0) is 45.6 Å². The quantitative estimate of drug-likeness (QED) is 0.855. The predicted molar refractivity (Wildman–Crippen MR) is 76.8 cm³/mol. The first-order valence-electron chi connectivity index (χ1n) is 5.92. The van der Waals surface area contributed by atoms with E-state index in [0.29, 0.717) is 6.54 Å². The van der Waals surface area contributed by atoms with E-state index in [9.17, 15) is 13.2 Å². The van der Waals surface area contributed by atoms with Crippen LogP contribution in [0.25, 0.3) is 0 Å². The van der Waals surface area contributed by atoms with Gasteiger partial charge >= 0.3 is 6.18 Å². The van der Waals surface area contributed by atoms with Gasteiger partial charge in [-0.1, -0.05) is 6.92 Å². The second-order valence-corrected chi connectivity index (χ2v) is 6.43. The molecular weight excluding hydrogens is 353 g/mol. The van der Waals surface area contributed by atoms with Crippen molar-refractivity contribution in [2.24, 2.45) is 0 Å². The smallest absolute Gasteiger partial charge is 0.306 e. The van der Waals surface area contributed by atoms with Gasteiger partial charge in [0.2, 0.25) is 0 Å². The Hall–Kier alpha value is -0.920. The number of thiophene rings is 1. The van der Waals surface area contributed by atoms with Crippen molar-refractivity contribution in [2.75, 3.05) is 6.54 Å². The van der Waals surface area contributed by atoms with E-state index >= 15 is 0 Å². The summed E-state index contributed by atoms with van der Waals surface area (Å²) in [7, 11) is 0. The van der Waals surface area contributed by atoms with Crippen LogP contribution in [-0.4, -0.2) is 11.5 Å². The molecule has 0 saturated carbocycles. The lowest BCUT2D eigenvalue weighted by molar-refractivity contribution is -0.138. The van der Waals surface area contributed by atoms with Gasteiger partial charge in [-0.25, -0.2) is 0 Å². The predicted octanol–water partition coefficient (Wildman–Crippen LogP) is 4.62. The van der Waals surface area contributed by atoms with Crippen LogP contribution >= 0.6 is 27.3 Å². The molecule has 2 rings (SSSR count). The maximum Gasteiger partial charge on any atom is 0.416 e. The van der Waals surface area contributed by atoms with Crippen molar-refractivity contribution in [1.82, 2.24) is 10.3 Å². The van der Waals surface area contributed by atoms with Crippen molar-refractivity contribution >= 4 is 27.3 Å². The van der Waals surface area contributed by atoms with E-state index in [1.165, 1.54) is 23.7 Å². The second-order valence-electron chi connectivity index (χ2n) is 4.14. The second kappa shape index (κ2) is 6.24. The molecule has 0 aliphatic heterocycles. The third kappa shape index (κ3) is 3.39. The normalized spacial score (nSPS) is 13.4. The molecule has 0 bridgehead atoms. The van der Waals surface area contributed by atoms with Crippen LogP contribution in [0.4, 0.5) is 13.2 Å². The van der Waals surface area contributed by atoms with Crippen LogP contribution in [0.15, 0.2) is 33.7 Å². The molecule has 108 valence electrons. The minimum absolute atomic E-state index is 0.146. The average molecular weight is 365 g/mol. The van der Waals surface area contributed by atoms with Crippen LogP contribution in [0.1, 0.15) is 29.7 Å². The Labute approximate surface area is 127 Å². The molecule has 0 saturated heterocycles. The summed E-state index contributed by atoms with van der Waals surface area (Å²) in [4.78, 5) is 3.85. The molecule has 2 aromatic heterocycles. The first-order valence-corrected chi connectivity index (χ1v) is 7.59. The van der Waals surface area contributed by atoms with Crippen molar-refractivity contribution in [1.29, 1.82) is 0 Å². The number of pyridine rings is 1. The van der Waals surface area contributed by atoms with Crippen LogP contribution in [0.3, 0.4) is 0 Å². The molecule has 7 heteroatoms. The number of nitrogens with one attached hydrogen (secondary N) is 1. The van der Waals surface area contributed by atoms with E-state index in [4.69, 9.17) is 0 Å². The summed E-state index contributed by atoms with van der Waals surface area (Å²) in [6, 6.07) is 2.32. The molecule has 0 spiro atoms. The summed E-state index contributed by atoms with van der Waals surface area (Å²) in [6.07, 6.45) is -1.94. The van der Waals surface area contributed by atoms with Crippen LogP contribution in [0.2, 0.25) is 0 Å². The van der Waals surface area contributed by atoms with E-state index in [1.54, 1.807) is 0 Å². The molecule has 0 aliphatic rings. The highest BCUT2D eigenvalue weighted by atomic mass is 79.9. The molecule has 0 amide bonds. The number of alkyl halides is 3. The Morgan fingerprint density at radius 1 is 1.45 bits per heavy atom. The first kappa shape index (κ1) is 15.5. The molecular formula is C13H12BrF3N2S. The summed E-state index contributed by atoms with van der Waals surface area (Å²) in [5, 5.41) is 4.92. The van der Waals surface area contributed by atoms with E-state index < -0.39 is 17.8 Å². The summed E-state index contributed by atoms with van der Waals surface area (Å²) < 4.78 is 40.2. The highest BCUT2D eigenvalue weighted by Gasteiger charge is 2.35. The van der Waals surface area contributed by atoms with Gasteiger partial charge in [0.05, 0.1) is 15.4 Å². The molecule has 1 unspecified atom stereocenters. The Bertz CT molecular complexity index is 583. The Morgan fingerprint density at radius 3 is 2.75 bits per heavy atom. The van der Waals surface area contributed by atoms with Gasteiger partial charge in [0.1, 0.15) is 0 Å². The van der Waals surface area contributed by atoms with Crippen LogP contribution < -0.4 is 5.32 Å². The Balaban J connectivity index is 2.50. The lowest BCUT2D eigenvalue weighted by Gasteiger charge is -2.21. The minimum atomic E-state index is -4.39. The van der Waals surface area contributed by atoms with Gasteiger partial charge in [0.15, 0.2) is 0 Å². The number of rotatable bonds is 4. The van der Waals surface area contributed by atoms with Crippen molar-refractivity contribution in [3.05, 3.63) is 50.4 Å². The van der Waals surface area contributed by atoms with E-state index in [0.717, 1.165) is 15.4 Å². The van der Waals surface area contributed by atoms with Gasteiger partial charge in [-0.15, -0.1) is 11.3 Å². The fourth-order valence-electron chi connectivity index (χ4n) is 1.98. The maximum atomic E-state index is 13.1. The van der Waals surface area contributed by atoms with Gasteiger partial charge in [-0.3, -0.25) is 4.98 Å². The third-order valence-electron chi connectivity index (χ3n) is 2.80. The van der Waals surface area contributed by atoms with Crippen molar-refractivity contribution in [2.45, 2.75) is 19.1 Å².